The molecule has 1 aliphatic heterocycles. The van der Waals surface area contributed by atoms with Crippen LogP contribution in [0.5, 0.6) is 11.5 Å². The third kappa shape index (κ3) is 2.96. The van der Waals surface area contributed by atoms with Crippen LogP contribution in [-0.2, 0) is 10.4 Å². The van der Waals surface area contributed by atoms with Gasteiger partial charge in [-0.2, -0.15) is 0 Å². The lowest BCUT2D eigenvalue weighted by atomic mass is 9.83. The van der Waals surface area contributed by atoms with Gasteiger partial charge in [-0.1, -0.05) is 84.9 Å². The Kier molecular flexibility index (Phi) is 4.36. The molecular weight excluding hydrogens is 372 g/mol. The molecule has 30 heavy (non-hydrogen) atoms. The molecule has 0 saturated heterocycles. The molecule has 0 bridgehead atoms. The SMILES string of the molecule is CC(=O)Oc1cc2c(c3ccccc13)C=CC(c1ccccc1)(c1ccccc1)O2. The molecule has 5 rings (SSSR count). The second kappa shape index (κ2) is 7.20. The molecule has 0 fully saturated rings. The first-order chi connectivity index (χ1) is 14.7. The molecule has 1 heterocycles. The first kappa shape index (κ1) is 18.2. The highest BCUT2D eigenvalue weighted by Crippen LogP contribution is 2.46. The van der Waals surface area contributed by atoms with Crippen LogP contribution in [0.25, 0.3) is 16.8 Å². The fraction of sp³-hybridized carbons (Fsp3) is 0.0741. The minimum absolute atomic E-state index is 0.358. The predicted molar refractivity (Wildman–Crippen MR) is 119 cm³/mol. The molecule has 1 aliphatic rings. The quantitative estimate of drug-likeness (QED) is 0.311. The van der Waals surface area contributed by atoms with E-state index in [0.717, 1.165) is 27.5 Å². The molecule has 0 spiro atoms. The summed E-state index contributed by atoms with van der Waals surface area (Å²) in [7, 11) is 0. The van der Waals surface area contributed by atoms with Crippen molar-refractivity contribution in [2.75, 3.05) is 0 Å². The zero-order chi connectivity index (χ0) is 20.6. The van der Waals surface area contributed by atoms with Gasteiger partial charge >= 0.3 is 5.97 Å². The second-order valence-corrected chi connectivity index (χ2v) is 7.33. The van der Waals surface area contributed by atoms with Crippen LogP contribution < -0.4 is 9.47 Å². The molecule has 0 saturated carbocycles. The van der Waals surface area contributed by atoms with E-state index < -0.39 is 5.60 Å². The summed E-state index contributed by atoms with van der Waals surface area (Å²) in [4.78, 5) is 11.7. The number of hydrogen-bond donors (Lipinski definition) is 0. The fourth-order valence-electron chi connectivity index (χ4n) is 4.09. The zero-order valence-electron chi connectivity index (χ0n) is 16.5. The fourth-order valence-corrected chi connectivity index (χ4v) is 4.09. The Bertz CT molecular complexity index is 1220. The number of ether oxygens (including phenoxy) is 2. The van der Waals surface area contributed by atoms with Crippen LogP contribution in [0.4, 0.5) is 0 Å². The van der Waals surface area contributed by atoms with Crippen molar-refractivity contribution in [2.24, 2.45) is 0 Å². The molecule has 0 aromatic heterocycles. The molecule has 3 nitrogen and oxygen atoms in total. The number of rotatable bonds is 3. The lowest BCUT2D eigenvalue weighted by Gasteiger charge is -2.36. The highest BCUT2D eigenvalue weighted by atomic mass is 16.5. The summed E-state index contributed by atoms with van der Waals surface area (Å²) in [6.45, 7) is 1.41. The van der Waals surface area contributed by atoms with Crippen molar-refractivity contribution in [3.63, 3.8) is 0 Å². The normalized spacial score (nSPS) is 14.0. The second-order valence-electron chi connectivity index (χ2n) is 7.33. The molecule has 4 aromatic carbocycles. The standard InChI is InChI=1S/C27H20O3/c1-19(28)29-25-18-26-24(22-14-8-9-15-23(22)25)16-17-27(30-26,20-10-4-2-5-11-20)21-12-6-3-7-13-21/h2-18H,1H3. The van der Waals surface area contributed by atoms with Gasteiger partial charge in [0.1, 0.15) is 11.5 Å². The van der Waals surface area contributed by atoms with E-state index in [1.165, 1.54) is 6.92 Å². The van der Waals surface area contributed by atoms with E-state index in [-0.39, 0.29) is 5.97 Å². The molecule has 3 heteroatoms. The van der Waals surface area contributed by atoms with Crippen molar-refractivity contribution < 1.29 is 14.3 Å². The Balaban J connectivity index is 1.75. The summed E-state index contributed by atoms with van der Waals surface area (Å²) >= 11 is 0. The van der Waals surface area contributed by atoms with Crippen LogP contribution in [0.1, 0.15) is 23.6 Å². The molecule has 4 aromatic rings. The van der Waals surface area contributed by atoms with E-state index in [2.05, 4.69) is 36.4 Å². The van der Waals surface area contributed by atoms with Gasteiger partial charge in [0.05, 0.1) is 0 Å². The molecule has 0 N–H and O–H groups in total. The predicted octanol–water partition coefficient (Wildman–Crippen LogP) is 6.11. The summed E-state index contributed by atoms with van der Waals surface area (Å²) in [5.74, 6) is 0.825. The van der Waals surface area contributed by atoms with Crippen LogP contribution in [-0.4, -0.2) is 5.97 Å². The van der Waals surface area contributed by atoms with Gasteiger partial charge in [0.15, 0.2) is 5.60 Å². The Morgan fingerprint density at radius 2 is 1.37 bits per heavy atom. The first-order valence-electron chi connectivity index (χ1n) is 9.91. The van der Waals surface area contributed by atoms with Crippen LogP contribution >= 0.6 is 0 Å². The Morgan fingerprint density at radius 3 is 1.97 bits per heavy atom. The molecule has 0 amide bonds. The van der Waals surface area contributed by atoms with Gasteiger partial charge < -0.3 is 9.47 Å². The maximum Gasteiger partial charge on any atom is 0.308 e. The molecular formula is C27H20O3. The minimum Gasteiger partial charge on any atom is -0.473 e. The lowest BCUT2D eigenvalue weighted by Crippen LogP contribution is -2.34. The zero-order valence-corrected chi connectivity index (χ0v) is 16.5. The number of benzene rings is 4. The van der Waals surface area contributed by atoms with Gasteiger partial charge in [-0.15, -0.1) is 0 Å². The Labute approximate surface area is 175 Å². The maximum absolute atomic E-state index is 11.7. The molecule has 0 atom stereocenters. The number of carbonyl (C=O) groups excluding carboxylic acids is 1. The Morgan fingerprint density at radius 1 is 0.800 bits per heavy atom. The van der Waals surface area contributed by atoms with Crippen molar-refractivity contribution in [3.8, 4) is 11.5 Å². The van der Waals surface area contributed by atoms with Gasteiger partial charge in [-0.05, 0) is 17.5 Å². The highest BCUT2D eigenvalue weighted by Gasteiger charge is 2.37. The summed E-state index contributed by atoms with van der Waals surface area (Å²) in [5.41, 5.74) is 2.26. The van der Waals surface area contributed by atoms with E-state index in [4.69, 9.17) is 9.47 Å². The summed E-state index contributed by atoms with van der Waals surface area (Å²) < 4.78 is 12.3. The molecule has 0 unspecified atom stereocenters. The smallest absolute Gasteiger partial charge is 0.308 e. The summed E-state index contributed by atoms with van der Waals surface area (Å²) in [6, 6.07) is 30.0. The molecule has 0 aliphatic carbocycles. The summed E-state index contributed by atoms with van der Waals surface area (Å²) in [6.07, 6.45) is 4.22. The van der Waals surface area contributed by atoms with E-state index in [1.54, 1.807) is 0 Å². The van der Waals surface area contributed by atoms with Crippen LogP contribution in [0, 0.1) is 0 Å². The van der Waals surface area contributed by atoms with Crippen molar-refractivity contribution in [1.82, 2.24) is 0 Å². The van der Waals surface area contributed by atoms with Crippen molar-refractivity contribution in [3.05, 3.63) is 114 Å². The van der Waals surface area contributed by atoms with Crippen LogP contribution in [0.2, 0.25) is 0 Å². The van der Waals surface area contributed by atoms with Crippen molar-refractivity contribution >= 4 is 22.8 Å². The Hall–Kier alpha value is -3.85. The third-order valence-corrected chi connectivity index (χ3v) is 5.42. The van der Waals surface area contributed by atoms with Crippen molar-refractivity contribution in [1.29, 1.82) is 0 Å². The van der Waals surface area contributed by atoms with Gasteiger partial charge in [-0.25, -0.2) is 0 Å². The van der Waals surface area contributed by atoms with E-state index in [9.17, 15) is 4.79 Å². The largest absolute Gasteiger partial charge is 0.473 e. The van der Waals surface area contributed by atoms with E-state index in [1.807, 2.05) is 66.7 Å². The minimum atomic E-state index is -0.772. The number of carbonyl (C=O) groups is 1. The van der Waals surface area contributed by atoms with Gasteiger partial charge in [-0.3, -0.25) is 4.79 Å². The van der Waals surface area contributed by atoms with Gasteiger partial charge in [0.2, 0.25) is 0 Å². The maximum atomic E-state index is 11.7. The first-order valence-corrected chi connectivity index (χ1v) is 9.91. The van der Waals surface area contributed by atoms with Gasteiger partial charge in [0.25, 0.3) is 0 Å². The van der Waals surface area contributed by atoms with Crippen LogP contribution in [0.3, 0.4) is 0 Å². The highest BCUT2D eigenvalue weighted by molar-refractivity contribution is 5.99. The average Bonchev–Trinajstić information content (AvgIpc) is 2.79. The molecule has 146 valence electrons. The lowest BCUT2D eigenvalue weighted by molar-refractivity contribution is -0.131. The number of hydrogen-bond acceptors (Lipinski definition) is 3. The third-order valence-electron chi connectivity index (χ3n) is 5.42. The summed E-state index contributed by atoms with van der Waals surface area (Å²) in [5, 5.41) is 1.86. The number of esters is 1. The van der Waals surface area contributed by atoms with E-state index in [0.29, 0.717) is 11.5 Å². The average molecular weight is 392 g/mol. The topological polar surface area (TPSA) is 35.5 Å². The monoisotopic (exact) mass is 392 g/mol. The van der Waals surface area contributed by atoms with E-state index >= 15 is 0 Å². The molecule has 0 radical (unpaired) electrons. The van der Waals surface area contributed by atoms with Gasteiger partial charge in [0, 0.05) is 35.1 Å². The van der Waals surface area contributed by atoms with Crippen molar-refractivity contribution in [2.45, 2.75) is 12.5 Å². The van der Waals surface area contributed by atoms with Crippen LogP contribution in [0.15, 0.2) is 97.1 Å². The number of fused-ring (bicyclic) bond motifs is 3.